The molecule has 0 spiro atoms. The monoisotopic (exact) mass is 377 g/mol. The molecule has 2 aromatic carbocycles. The summed E-state index contributed by atoms with van der Waals surface area (Å²) >= 11 is 11.0. The summed E-state index contributed by atoms with van der Waals surface area (Å²) in [4.78, 5) is 12.3. The molecule has 3 rings (SSSR count). The van der Waals surface area contributed by atoms with Crippen LogP contribution in [0.5, 0.6) is 0 Å². The Labute approximate surface area is 153 Å². The number of hydrogen-bond acceptors (Lipinski definition) is 3. The molecule has 0 atom stereocenters. The largest absolute Gasteiger partial charge is 0.447 e. The van der Waals surface area contributed by atoms with Gasteiger partial charge in [0.05, 0.1) is 0 Å². The van der Waals surface area contributed by atoms with Crippen molar-refractivity contribution in [1.82, 2.24) is 10.9 Å². The number of benzene rings is 2. The first kappa shape index (κ1) is 17.2. The summed E-state index contributed by atoms with van der Waals surface area (Å²) in [5.41, 5.74) is 6.23. The molecule has 1 aromatic heterocycles. The average molecular weight is 378 g/mol. The number of fused-ring (bicyclic) bond motifs is 1. The zero-order valence-corrected chi connectivity index (χ0v) is 14.6. The van der Waals surface area contributed by atoms with E-state index in [0.29, 0.717) is 21.7 Å². The van der Waals surface area contributed by atoms with Gasteiger partial charge in [0.25, 0.3) is 0 Å². The lowest BCUT2D eigenvalue weighted by atomic mass is 10.1. The number of halogens is 2. The third kappa shape index (κ3) is 3.72. The zero-order valence-electron chi connectivity index (χ0n) is 13.0. The number of amides is 1. The molecule has 1 amide bonds. The molecule has 5 nitrogen and oxygen atoms in total. The van der Waals surface area contributed by atoms with Crippen LogP contribution in [0.2, 0.25) is 5.02 Å². The van der Waals surface area contributed by atoms with E-state index in [1.165, 1.54) is 6.07 Å². The van der Waals surface area contributed by atoms with E-state index in [-0.39, 0.29) is 16.5 Å². The molecule has 25 heavy (non-hydrogen) atoms. The van der Waals surface area contributed by atoms with Gasteiger partial charge in [0.1, 0.15) is 0 Å². The van der Waals surface area contributed by atoms with Crippen molar-refractivity contribution in [1.29, 1.82) is 0 Å². The highest BCUT2D eigenvalue weighted by molar-refractivity contribution is 7.80. The number of nitrogens with one attached hydrogen (secondary N) is 3. The summed E-state index contributed by atoms with van der Waals surface area (Å²) in [6.07, 6.45) is 0. The Balaban J connectivity index is 1.67. The first-order valence-corrected chi connectivity index (χ1v) is 8.05. The van der Waals surface area contributed by atoms with Crippen LogP contribution in [0.25, 0.3) is 11.0 Å². The highest BCUT2D eigenvalue weighted by Crippen LogP contribution is 2.27. The van der Waals surface area contributed by atoms with Crippen molar-refractivity contribution < 1.29 is 13.6 Å². The Bertz CT molecular complexity index is 974. The third-order valence-corrected chi connectivity index (χ3v) is 3.93. The van der Waals surface area contributed by atoms with Crippen molar-refractivity contribution in [3.05, 3.63) is 64.6 Å². The van der Waals surface area contributed by atoms with Crippen molar-refractivity contribution in [3.8, 4) is 0 Å². The van der Waals surface area contributed by atoms with E-state index >= 15 is 0 Å². The van der Waals surface area contributed by atoms with Crippen LogP contribution in [-0.2, 0) is 0 Å². The van der Waals surface area contributed by atoms with Crippen LogP contribution in [0.1, 0.15) is 16.1 Å². The van der Waals surface area contributed by atoms with Crippen LogP contribution in [0.15, 0.2) is 46.9 Å². The Morgan fingerprint density at radius 2 is 1.96 bits per heavy atom. The topological polar surface area (TPSA) is 66.3 Å². The number of furan rings is 1. The third-order valence-electron chi connectivity index (χ3n) is 3.49. The quantitative estimate of drug-likeness (QED) is 0.462. The molecule has 3 aromatic rings. The Morgan fingerprint density at radius 3 is 2.68 bits per heavy atom. The number of thiocarbonyl (C=S) groups is 1. The van der Waals surface area contributed by atoms with Crippen LogP contribution in [0, 0.1) is 12.7 Å². The molecule has 3 N–H and O–H groups in total. The van der Waals surface area contributed by atoms with Crippen molar-refractivity contribution in [3.63, 3.8) is 0 Å². The second-order valence-corrected chi connectivity index (χ2v) is 6.06. The molecule has 128 valence electrons. The fourth-order valence-corrected chi connectivity index (χ4v) is 2.68. The van der Waals surface area contributed by atoms with Gasteiger partial charge in [0.2, 0.25) is 0 Å². The van der Waals surface area contributed by atoms with Gasteiger partial charge in [-0.25, -0.2) is 4.39 Å². The number of para-hydroxylation sites is 1. The lowest BCUT2D eigenvalue weighted by Crippen LogP contribution is -2.43. The molecule has 0 fully saturated rings. The van der Waals surface area contributed by atoms with Gasteiger partial charge in [-0.3, -0.25) is 15.6 Å². The van der Waals surface area contributed by atoms with Crippen molar-refractivity contribution in [2.75, 3.05) is 5.32 Å². The molecular weight excluding hydrogens is 365 g/mol. The summed E-state index contributed by atoms with van der Waals surface area (Å²) in [6, 6.07) is 11.5. The lowest BCUT2D eigenvalue weighted by Gasteiger charge is -2.11. The maximum absolute atomic E-state index is 13.7. The molecule has 0 aliphatic rings. The number of carbonyl (C=O) groups is 1. The number of hydrazine groups is 1. The van der Waals surface area contributed by atoms with Crippen LogP contribution >= 0.6 is 23.8 Å². The predicted octanol–water partition coefficient (Wildman–Crippen LogP) is 4.17. The van der Waals surface area contributed by atoms with Gasteiger partial charge in [0.15, 0.2) is 22.3 Å². The van der Waals surface area contributed by atoms with Gasteiger partial charge in [-0.15, -0.1) is 0 Å². The van der Waals surface area contributed by atoms with Gasteiger partial charge in [-0.05, 0) is 43.4 Å². The molecule has 1 heterocycles. The van der Waals surface area contributed by atoms with E-state index in [9.17, 15) is 9.18 Å². The highest BCUT2D eigenvalue weighted by Gasteiger charge is 2.19. The molecule has 0 saturated carbocycles. The molecule has 0 saturated heterocycles. The fourth-order valence-electron chi connectivity index (χ4n) is 2.32. The van der Waals surface area contributed by atoms with Crippen molar-refractivity contribution >= 4 is 51.5 Å². The SMILES string of the molecule is Cc1c(C(=O)NNC(=S)Nc2cccc(Cl)c2)oc2c(F)cccc12. The molecular formula is C17H13ClFN3O2S. The van der Waals surface area contributed by atoms with Crippen LogP contribution < -0.4 is 16.2 Å². The minimum absolute atomic E-state index is 0.0122. The summed E-state index contributed by atoms with van der Waals surface area (Å²) < 4.78 is 19.1. The zero-order chi connectivity index (χ0) is 18.0. The van der Waals surface area contributed by atoms with Crippen LogP contribution in [-0.4, -0.2) is 11.0 Å². The minimum atomic E-state index is -0.566. The first-order chi connectivity index (χ1) is 12.0. The molecule has 0 unspecified atom stereocenters. The van der Waals surface area contributed by atoms with E-state index in [0.717, 1.165) is 0 Å². The molecule has 8 heteroatoms. The molecule has 0 aliphatic heterocycles. The molecule has 0 aliphatic carbocycles. The summed E-state index contributed by atoms with van der Waals surface area (Å²) in [5, 5.41) is 4.13. The van der Waals surface area contributed by atoms with E-state index < -0.39 is 11.7 Å². The summed E-state index contributed by atoms with van der Waals surface area (Å²) in [7, 11) is 0. The van der Waals surface area contributed by atoms with E-state index in [1.807, 2.05) is 0 Å². The Kier molecular flexibility index (Phi) is 4.87. The number of anilines is 1. The second kappa shape index (κ2) is 7.08. The number of carbonyl (C=O) groups excluding carboxylic acids is 1. The number of aryl methyl sites for hydroxylation is 1. The first-order valence-electron chi connectivity index (χ1n) is 7.26. The normalized spacial score (nSPS) is 10.5. The minimum Gasteiger partial charge on any atom is -0.447 e. The predicted molar refractivity (Wildman–Crippen MR) is 99.2 cm³/mol. The lowest BCUT2D eigenvalue weighted by molar-refractivity contribution is 0.0917. The Morgan fingerprint density at radius 1 is 1.20 bits per heavy atom. The highest BCUT2D eigenvalue weighted by atomic mass is 35.5. The van der Waals surface area contributed by atoms with Gasteiger partial charge < -0.3 is 9.73 Å². The van der Waals surface area contributed by atoms with Gasteiger partial charge in [-0.2, -0.15) is 0 Å². The van der Waals surface area contributed by atoms with E-state index in [1.54, 1.807) is 43.3 Å². The van der Waals surface area contributed by atoms with E-state index in [4.69, 9.17) is 28.2 Å². The molecule has 0 radical (unpaired) electrons. The van der Waals surface area contributed by atoms with Gasteiger partial charge in [0, 0.05) is 21.7 Å². The second-order valence-electron chi connectivity index (χ2n) is 5.22. The maximum Gasteiger partial charge on any atom is 0.305 e. The summed E-state index contributed by atoms with van der Waals surface area (Å²) in [6.45, 7) is 1.68. The van der Waals surface area contributed by atoms with E-state index in [2.05, 4.69) is 16.2 Å². The summed E-state index contributed by atoms with van der Waals surface area (Å²) in [5.74, 6) is -1.08. The standard InChI is InChI=1S/C17H13ClFN3O2S/c1-9-12-6-3-7-13(19)15(12)24-14(9)16(23)21-22-17(25)20-11-5-2-4-10(18)8-11/h2-8H,1H3,(H,21,23)(H2,20,22,25). The Hall–Kier alpha value is -2.64. The molecule has 0 bridgehead atoms. The van der Waals surface area contributed by atoms with Crippen molar-refractivity contribution in [2.24, 2.45) is 0 Å². The number of hydrogen-bond donors (Lipinski definition) is 3. The smallest absolute Gasteiger partial charge is 0.305 e. The van der Waals surface area contributed by atoms with Crippen molar-refractivity contribution in [2.45, 2.75) is 6.92 Å². The van der Waals surface area contributed by atoms with Crippen LogP contribution in [0.3, 0.4) is 0 Å². The van der Waals surface area contributed by atoms with Gasteiger partial charge >= 0.3 is 5.91 Å². The maximum atomic E-state index is 13.7. The number of rotatable bonds is 2. The fraction of sp³-hybridized carbons (Fsp3) is 0.0588. The van der Waals surface area contributed by atoms with Gasteiger partial charge in [-0.1, -0.05) is 29.8 Å². The van der Waals surface area contributed by atoms with Crippen LogP contribution in [0.4, 0.5) is 10.1 Å². The average Bonchev–Trinajstić information content (AvgIpc) is 2.91.